The predicted molar refractivity (Wildman–Crippen MR) is 73.7 cm³/mol. The number of hydrogen-bond acceptors (Lipinski definition) is 4. The molecule has 0 aliphatic heterocycles. The van der Waals surface area contributed by atoms with Gasteiger partial charge in [-0.2, -0.15) is 0 Å². The largest absolute Gasteiger partial charge is 0.290 e. The van der Waals surface area contributed by atoms with Crippen molar-refractivity contribution in [1.29, 1.82) is 0 Å². The van der Waals surface area contributed by atoms with Crippen LogP contribution in [0.4, 0.5) is 0 Å². The third-order valence-electron chi connectivity index (χ3n) is 2.00. The number of halogens is 1. The van der Waals surface area contributed by atoms with E-state index < -0.39 is 0 Å². The first-order valence-corrected chi connectivity index (χ1v) is 7.15. The molecule has 0 aromatic carbocycles. The van der Waals surface area contributed by atoms with Crippen molar-refractivity contribution < 1.29 is 0 Å². The first kappa shape index (κ1) is 11.9. The van der Waals surface area contributed by atoms with Crippen LogP contribution in [0.2, 0.25) is 0 Å². The Bertz CT molecular complexity index is 602. The zero-order valence-corrected chi connectivity index (χ0v) is 11.8. The molecule has 16 heavy (non-hydrogen) atoms. The minimum atomic E-state index is 0.0164. The third kappa shape index (κ3) is 2.23. The van der Waals surface area contributed by atoms with Crippen molar-refractivity contribution in [1.82, 2.24) is 9.55 Å². The average molecular weight is 317 g/mol. The first-order valence-electron chi connectivity index (χ1n) is 4.50. The summed E-state index contributed by atoms with van der Waals surface area (Å²) in [7, 11) is 1.74. The van der Waals surface area contributed by atoms with Crippen LogP contribution in [0.1, 0.15) is 0 Å². The molecule has 0 atom stereocenters. The van der Waals surface area contributed by atoms with E-state index in [1.807, 2.05) is 11.4 Å². The van der Waals surface area contributed by atoms with Crippen molar-refractivity contribution in [2.75, 3.05) is 5.75 Å². The van der Waals surface area contributed by atoms with E-state index in [0.29, 0.717) is 10.5 Å². The fraction of sp³-hybridized carbons (Fsp3) is 0.200. The monoisotopic (exact) mass is 316 g/mol. The van der Waals surface area contributed by atoms with Crippen LogP contribution in [-0.4, -0.2) is 15.3 Å². The van der Waals surface area contributed by atoms with Gasteiger partial charge >= 0.3 is 0 Å². The van der Waals surface area contributed by atoms with Gasteiger partial charge in [-0.05, 0) is 15.9 Å². The van der Waals surface area contributed by atoms with Gasteiger partial charge in [0.25, 0.3) is 5.56 Å². The fourth-order valence-electron chi connectivity index (χ4n) is 1.24. The lowest BCUT2D eigenvalue weighted by atomic mass is 10.5. The molecule has 2 aromatic rings. The highest BCUT2D eigenvalue weighted by atomic mass is 79.9. The lowest BCUT2D eigenvalue weighted by molar-refractivity contribution is 0.728. The summed E-state index contributed by atoms with van der Waals surface area (Å²) in [4.78, 5) is 16.4. The Morgan fingerprint density at radius 1 is 1.75 bits per heavy atom. The molecule has 6 heteroatoms. The summed E-state index contributed by atoms with van der Waals surface area (Å²) in [5, 5.41) is 2.60. The van der Waals surface area contributed by atoms with Crippen molar-refractivity contribution in [2.45, 2.75) is 5.16 Å². The Morgan fingerprint density at radius 2 is 2.50 bits per heavy atom. The molecule has 2 rings (SSSR count). The van der Waals surface area contributed by atoms with Crippen LogP contribution in [0.25, 0.3) is 10.2 Å². The highest BCUT2D eigenvalue weighted by Gasteiger charge is 2.09. The van der Waals surface area contributed by atoms with E-state index >= 15 is 0 Å². The lowest BCUT2D eigenvalue weighted by Crippen LogP contribution is -2.18. The SMILES string of the molecule is C=C(Br)CSc1nc2ccsc2c(=O)n1C. The van der Waals surface area contributed by atoms with Gasteiger partial charge in [-0.3, -0.25) is 9.36 Å². The van der Waals surface area contributed by atoms with Gasteiger partial charge in [-0.1, -0.05) is 34.3 Å². The third-order valence-corrected chi connectivity index (χ3v) is 4.66. The number of rotatable bonds is 3. The van der Waals surface area contributed by atoms with Gasteiger partial charge < -0.3 is 0 Å². The highest BCUT2D eigenvalue weighted by Crippen LogP contribution is 2.22. The summed E-state index contributed by atoms with van der Waals surface area (Å²) in [6.45, 7) is 3.76. The summed E-state index contributed by atoms with van der Waals surface area (Å²) in [5.74, 6) is 0.704. The molecule has 2 heterocycles. The van der Waals surface area contributed by atoms with Crippen molar-refractivity contribution in [3.8, 4) is 0 Å². The molecule has 0 spiro atoms. The van der Waals surface area contributed by atoms with E-state index in [1.54, 1.807) is 11.6 Å². The van der Waals surface area contributed by atoms with E-state index in [0.717, 1.165) is 15.2 Å². The standard InChI is InChI=1S/C10H9BrN2OS2/c1-6(11)5-16-10-12-7-3-4-15-8(7)9(14)13(10)2/h3-4H,1,5H2,2H3. The van der Waals surface area contributed by atoms with E-state index in [1.165, 1.54) is 23.1 Å². The summed E-state index contributed by atoms with van der Waals surface area (Å²) in [6, 6.07) is 1.87. The van der Waals surface area contributed by atoms with Gasteiger partial charge in [0.1, 0.15) is 4.70 Å². The van der Waals surface area contributed by atoms with Gasteiger partial charge in [-0.25, -0.2) is 4.98 Å². The van der Waals surface area contributed by atoms with Crippen molar-refractivity contribution in [3.05, 3.63) is 32.9 Å². The number of thiophene rings is 1. The Balaban J connectivity index is 2.49. The average Bonchev–Trinajstić information content (AvgIpc) is 2.69. The molecular formula is C10H9BrN2OS2. The summed E-state index contributed by atoms with van der Waals surface area (Å²) >= 11 is 6.22. The van der Waals surface area contributed by atoms with Crippen LogP contribution >= 0.6 is 39.0 Å². The maximum Gasteiger partial charge on any atom is 0.271 e. The smallest absolute Gasteiger partial charge is 0.271 e. The quantitative estimate of drug-likeness (QED) is 0.645. The van der Waals surface area contributed by atoms with Gasteiger partial charge in [0.2, 0.25) is 0 Å². The Labute approximate surface area is 109 Å². The second-order valence-electron chi connectivity index (χ2n) is 3.20. The molecule has 3 nitrogen and oxygen atoms in total. The number of hydrogen-bond donors (Lipinski definition) is 0. The Hall–Kier alpha value is -0.590. The number of fused-ring (bicyclic) bond motifs is 1. The molecule has 2 aromatic heterocycles. The lowest BCUT2D eigenvalue weighted by Gasteiger charge is -2.05. The molecule has 0 radical (unpaired) electrons. The number of nitrogens with zero attached hydrogens (tertiary/aromatic N) is 2. The van der Waals surface area contributed by atoms with Crippen molar-refractivity contribution in [2.24, 2.45) is 7.05 Å². The zero-order chi connectivity index (χ0) is 11.7. The second-order valence-corrected chi connectivity index (χ2v) is 6.18. The first-order chi connectivity index (χ1) is 7.59. The molecule has 0 saturated heterocycles. The maximum atomic E-state index is 11.9. The fourth-order valence-corrected chi connectivity index (χ4v) is 3.11. The van der Waals surface area contributed by atoms with Crippen molar-refractivity contribution >= 4 is 49.2 Å². The molecule has 0 bridgehead atoms. The van der Waals surface area contributed by atoms with Gasteiger partial charge in [0.15, 0.2) is 5.16 Å². The van der Waals surface area contributed by atoms with E-state index in [-0.39, 0.29) is 5.56 Å². The van der Waals surface area contributed by atoms with E-state index in [4.69, 9.17) is 0 Å². The molecule has 84 valence electrons. The molecule has 0 N–H and O–H groups in total. The minimum absolute atomic E-state index is 0.0164. The van der Waals surface area contributed by atoms with E-state index in [2.05, 4.69) is 27.5 Å². The van der Waals surface area contributed by atoms with Crippen LogP contribution < -0.4 is 5.56 Å². The Kier molecular flexibility index (Phi) is 3.51. The minimum Gasteiger partial charge on any atom is -0.290 e. The number of aromatic nitrogens is 2. The van der Waals surface area contributed by atoms with Crippen LogP contribution in [0.5, 0.6) is 0 Å². The summed E-state index contributed by atoms with van der Waals surface area (Å²) in [6.07, 6.45) is 0. The van der Waals surface area contributed by atoms with Gasteiger partial charge in [0, 0.05) is 12.8 Å². The Morgan fingerprint density at radius 3 is 3.19 bits per heavy atom. The normalized spacial score (nSPS) is 10.9. The van der Waals surface area contributed by atoms with Gasteiger partial charge in [0.05, 0.1) is 5.52 Å². The molecule has 0 saturated carbocycles. The molecule has 0 fully saturated rings. The van der Waals surface area contributed by atoms with E-state index in [9.17, 15) is 4.79 Å². The molecular weight excluding hydrogens is 308 g/mol. The summed E-state index contributed by atoms with van der Waals surface area (Å²) in [5.41, 5.74) is 0.790. The predicted octanol–water partition coefficient (Wildman–Crippen LogP) is 3.00. The topological polar surface area (TPSA) is 34.9 Å². The molecule has 0 aliphatic carbocycles. The summed E-state index contributed by atoms with van der Waals surface area (Å²) < 4.78 is 3.18. The molecule has 0 aliphatic rings. The van der Waals surface area contributed by atoms with Crippen LogP contribution in [0, 0.1) is 0 Å². The van der Waals surface area contributed by atoms with Crippen molar-refractivity contribution in [3.63, 3.8) is 0 Å². The molecule has 0 unspecified atom stereocenters. The number of thioether (sulfide) groups is 1. The van der Waals surface area contributed by atoms with Crippen LogP contribution in [0.3, 0.4) is 0 Å². The maximum absolute atomic E-state index is 11.9. The highest BCUT2D eigenvalue weighted by molar-refractivity contribution is 9.11. The van der Waals surface area contributed by atoms with Crippen LogP contribution in [-0.2, 0) is 7.05 Å². The van der Waals surface area contributed by atoms with Crippen LogP contribution in [0.15, 0.2) is 32.5 Å². The zero-order valence-electron chi connectivity index (χ0n) is 8.57. The van der Waals surface area contributed by atoms with Gasteiger partial charge in [-0.15, -0.1) is 11.3 Å². The second kappa shape index (κ2) is 4.73. The molecule has 0 amide bonds.